The van der Waals surface area contributed by atoms with Crippen molar-refractivity contribution < 1.29 is 18.0 Å². The van der Waals surface area contributed by atoms with Gasteiger partial charge in [0.15, 0.2) is 5.69 Å². The number of carbonyl (C=O) groups is 1. The normalized spacial score (nSPS) is 11.7. The van der Waals surface area contributed by atoms with Gasteiger partial charge in [-0.1, -0.05) is 12.1 Å². The molecule has 1 aromatic carbocycles. The summed E-state index contributed by atoms with van der Waals surface area (Å²) in [6, 6.07) is 5.76. The molecule has 23 heavy (non-hydrogen) atoms. The lowest BCUT2D eigenvalue weighted by Crippen LogP contribution is -2.21. The lowest BCUT2D eigenvalue weighted by atomic mass is 10.1. The molecule has 1 aromatic heterocycles. The van der Waals surface area contributed by atoms with Gasteiger partial charge >= 0.3 is 6.18 Å². The molecule has 1 N–H and O–H groups in total. The zero-order valence-corrected chi connectivity index (χ0v) is 12.0. The van der Waals surface area contributed by atoms with E-state index in [-0.39, 0.29) is 5.69 Å². The van der Waals surface area contributed by atoms with E-state index in [9.17, 15) is 22.8 Å². The third kappa shape index (κ3) is 3.65. The number of ketones is 1. The first-order valence-corrected chi connectivity index (χ1v) is 6.49. The molecule has 0 atom stereocenters. The van der Waals surface area contributed by atoms with Crippen LogP contribution in [0.15, 0.2) is 53.6 Å². The Morgan fingerprint density at radius 3 is 2.61 bits per heavy atom. The number of para-hydroxylation sites is 1. The highest BCUT2D eigenvalue weighted by Gasteiger charge is 2.33. The van der Waals surface area contributed by atoms with Crippen LogP contribution in [-0.4, -0.2) is 22.6 Å². The molecule has 8 heteroatoms. The second-order valence-corrected chi connectivity index (χ2v) is 4.47. The van der Waals surface area contributed by atoms with E-state index in [4.69, 9.17) is 0 Å². The fourth-order valence-electron chi connectivity index (χ4n) is 1.86. The highest BCUT2D eigenvalue weighted by Crippen LogP contribution is 2.33. The number of nitrogens with zero attached hydrogens (tertiary/aromatic N) is 2. The average Bonchev–Trinajstić information content (AvgIpc) is 2.52. The van der Waals surface area contributed by atoms with Crippen molar-refractivity contribution in [2.45, 2.75) is 6.18 Å². The Balaban J connectivity index is 2.57. The Morgan fingerprint density at radius 2 is 1.96 bits per heavy atom. The standard InChI is InChI=1S/C15H12F3N3O2/c1-19-8-6-12(22)14-13(23)7-9-21(20-14)11-5-3-2-4-10(11)15(16,17)18/h2-9,19H,1H3. The maximum absolute atomic E-state index is 13.0. The minimum Gasteiger partial charge on any atom is -0.394 e. The topological polar surface area (TPSA) is 64.0 Å². The molecule has 0 saturated heterocycles. The third-order valence-electron chi connectivity index (χ3n) is 2.90. The van der Waals surface area contributed by atoms with Crippen LogP contribution in [0.1, 0.15) is 16.1 Å². The van der Waals surface area contributed by atoms with E-state index in [0.717, 1.165) is 29.1 Å². The molecule has 120 valence electrons. The van der Waals surface area contributed by atoms with Crippen LogP contribution in [0.2, 0.25) is 0 Å². The second kappa shape index (κ2) is 6.47. The van der Waals surface area contributed by atoms with Crippen molar-refractivity contribution in [2.75, 3.05) is 7.05 Å². The summed E-state index contributed by atoms with van der Waals surface area (Å²) in [7, 11) is 1.56. The molecule has 0 radical (unpaired) electrons. The number of halogens is 3. The summed E-state index contributed by atoms with van der Waals surface area (Å²) in [5.74, 6) is -0.705. The predicted octanol–water partition coefficient (Wildman–Crippen LogP) is 2.17. The summed E-state index contributed by atoms with van der Waals surface area (Å²) in [4.78, 5) is 23.6. The van der Waals surface area contributed by atoms with E-state index < -0.39 is 28.6 Å². The van der Waals surface area contributed by atoms with Crippen LogP contribution >= 0.6 is 0 Å². The summed E-state index contributed by atoms with van der Waals surface area (Å²) < 4.78 is 40.0. The van der Waals surface area contributed by atoms with Gasteiger partial charge in [-0.2, -0.15) is 18.3 Å². The SMILES string of the molecule is CNC=CC(=O)c1nn(-c2ccccc2C(F)(F)F)ccc1=O. The van der Waals surface area contributed by atoms with Crippen LogP contribution in [0.25, 0.3) is 5.69 Å². The highest BCUT2D eigenvalue weighted by molar-refractivity contribution is 6.02. The van der Waals surface area contributed by atoms with Crippen LogP contribution in [-0.2, 0) is 6.18 Å². The largest absolute Gasteiger partial charge is 0.418 e. The molecule has 0 spiro atoms. The fraction of sp³-hybridized carbons (Fsp3) is 0.133. The van der Waals surface area contributed by atoms with Crippen LogP contribution in [0.3, 0.4) is 0 Å². The molecular weight excluding hydrogens is 311 g/mol. The Bertz CT molecular complexity index is 810. The van der Waals surface area contributed by atoms with E-state index in [1.807, 2.05) is 0 Å². The number of nitrogens with one attached hydrogen (secondary N) is 1. The van der Waals surface area contributed by atoms with Gasteiger partial charge in [-0.25, -0.2) is 4.68 Å². The maximum Gasteiger partial charge on any atom is 0.418 e. The first kappa shape index (κ1) is 16.5. The van der Waals surface area contributed by atoms with Crippen molar-refractivity contribution in [1.29, 1.82) is 0 Å². The van der Waals surface area contributed by atoms with Gasteiger partial charge in [-0.3, -0.25) is 9.59 Å². The number of aromatic nitrogens is 2. The number of allylic oxidation sites excluding steroid dienone is 1. The van der Waals surface area contributed by atoms with Crippen molar-refractivity contribution in [3.63, 3.8) is 0 Å². The Morgan fingerprint density at radius 1 is 1.26 bits per heavy atom. The molecule has 5 nitrogen and oxygen atoms in total. The van der Waals surface area contributed by atoms with Gasteiger partial charge < -0.3 is 5.32 Å². The lowest BCUT2D eigenvalue weighted by molar-refractivity contribution is -0.137. The number of hydrogen-bond acceptors (Lipinski definition) is 4. The molecule has 0 aliphatic carbocycles. The van der Waals surface area contributed by atoms with E-state index in [0.29, 0.717) is 0 Å². The third-order valence-corrected chi connectivity index (χ3v) is 2.90. The number of carbonyl (C=O) groups excluding carboxylic acids is 1. The van der Waals surface area contributed by atoms with Crippen molar-refractivity contribution in [2.24, 2.45) is 0 Å². The summed E-state index contributed by atoms with van der Waals surface area (Å²) >= 11 is 0. The molecule has 0 aliphatic rings. The molecule has 2 aromatic rings. The van der Waals surface area contributed by atoms with Gasteiger partial charge in [-0.15, -0.1) is 0 Å². The van der Waals surface area contributed by atoms with Gasteiger partial charge in [0.05, 0.1) is 11.3 Å². The van der Waals surface area contributed by atoms with Gasteiger partial charge in [-0.05, 0) is 12.1 Å². The van der Waals surface area contributed by atoms with Crippen LogP contribution in [0.4, 0.5) is 13.2 Å². The molecule has 1 heterocycles. The average molecular weight is 323 g/mol. The maximum atomic E-state index is 13.0. The number of alkyl halides is 3. The molecule has 0 fully saturated rings. The van der Waals surface area contributed by atoms with E-state index in [2.05, 4.69) is 10.4 Å². The van der Waals surface area contributed by atoms with E-state index >= 15 is 0 Å². The molecule has 0 amide bonds. The zero-order chi connectivity index (χ0) is 17.0. The number of benzene rings is 1. The molecule has 0 unspecified atom stereocenters. The molecule has 0 bridgehead atoms. The van der Waals surface area contributed by atoms with Crippen molar-refractivity contribution in [3.05, 3.63) is 70.3 Å². The number of rotatable bonds is 4. The fourth-order valence-corrected chi connectivity index (χ4v) is 1.86. The first-order valence-electron chi connectivity index (χ1n) is 6.49. The van der Waals surface area contributed by atoms with Crippen molar-refractivity contribution >= 4 is 5.78 Å². The van der Waals surface area contributed by atoms with Crippen molar-refractivity contribution in [1.82, 2.24) is 15.1 Å². The molecule has 0 aliphatic heterocycles. The van der Waals surface area contributed by atoms with E-state index in [1.165, 1.54) is 24.4 Å². The predicted molar refractivity (Wildman–Crippen MR) is 77.4 cm³/mol. The lowest BCUT2D eigenvalue weighted by Gasteiger charge is -2.14. The van der Waals surface area contributed by atoms with Gasteiger partial charge in [0.25, 0.3) is 0 Å². The van der Waals surface area contributed by atoms with Gasteiger partial charge in [0.2, 0.25) is 11.2 Å². The Labute approximate surface area is 129 Å². The zero-order valence-electron chi connectivity index (χ0n) is 12.0. The Kier molecular flexibility index (Phi) is 4.63. The molecular formula is C15H12F3N3O2. The van der Waals surface area contributed by atoms with Crippen LogP contribution in [0.5, 0.6) is 0 Å². The minimum absolute atomic E-state index is 0.272. The van der Waals surface area contributed by atoms with Crippen LogP contribution < -0.4 is 10.7 Å². The highest BCUT2D eigenvalue weighted by atomic mass is 19.4. The summed E-state index contributed by atoms with van der Waals surface area (Å²) in [6.45, 7) is 0. The summed E-state index contributed by atoms with van der Waals surface area (Å²) in [6.07, 6.45) is -1.13. The monoisotopic (exact) mass is 323 g/mol. The van der Waals surface area contributed by atoms with Crippen molar-refractivity contribution in [3.8, 4) is 5.69 Å². The number of hydrogen-bond donors (Lipinski definition) is 1. The second-order valence-electron chi connectivity index (χ2n) is 4.47. The summed E-state index contributed by atoms with van der Waals surface area (Å²) in [5.41, 5.74) is -2.32. The molecule has 2 rings (SSSR count). The van der Waals surface area contributed by atoms with Gasteiger partial charge in [0, 0.05) is 31.6 Å². The summed E-state index contributed by atoms with van der Waals surface area (Å²) in [5, 5.41) is 6.32. The first-order chi connectivity index (χ1) is 10.8. The quantitative estimate of drug-likeness (QED) is 0.692. The Hall–Kier alpha value is -2.90. The molecule has 0 saturated carbocycles. The minimum atomic E-state index is -4.59. The smallest absolute Gasteiger partial charge is 0.394 e. The van der Waals surface area contributed by atoms with E-state index in [1.54, 1.807) is 7.05 Å². The van der Waals surface area contributed by atoms with Gasteiger partial charge in [0.1, 0.15) is 0 Å². The van der Waals surface area contributed by atoms with Crippen LogP contribution in [0, 0.1) is 0 Å².